The summed E-state index contributed by atoms with van der Waals surface area (Å²) in [6.45, 7) is 0.0499. The van der Waals surface area contributed by atoms with E-state index in [2.05, 4.69) is 4.98 Å². The van der Waals surface area contributed by atoms with E-state index in [1.165, 1.54) is 18.2 Å². The van der Waals surface area contributed by atoms with Gasteiger partial charge < -0.3 is 14.9 Å². The van der Waals surface area contributed by atoms with Gasteiger partial charge in [0.05, 0.1) is 23.2 Å². The molecule has 0 bridgehead atoms. The Hall–Kier alpha value is -4.39. The number of alkyl halides is 6. The number of aromatic nitrogens is 2. The Kier molecular flexibility index (Phi) is 8.11. The van der Waals surface area contributed by atoms with Crippen molar-refractivity contribution in [3.63, 3.8) is 0 Å². The number of carbonyl (C=O) groups is 1. The summed E-state index contributed by atoms with van der Waals surface area (Å²) in [5, 5.41) is 18.5. The van der Waals surface area contributed by atoms with Crippen molar-refractivity contribution in [2.45, 2.75) is 37.2 Å². The molecule has 0 atom stereocenters. The molecule has 0 amide bonds. The summed E-state index contributed by atoms with van der Waals surface area (Å²) >= 11 is 0. The Morgan fingerprint density at radius 2 is 1.54 bits per heavy atom. The van der Waals surface area contributed by atoms with Crippen LogP contribution < -0.4 is 10.3 Å². The van der Waals surface area contributed by atoms with Crippen molar-refractivity contribution in [2.75, 3.05) is 6.61 Å². The number of halogens is 6. The predicted molar refractivity (Wildman–Crippen MR) is 135 cm³/mol. The third-order valence-electron chi connectivity index (χ3n) is 6.28. The zero-order valence-electron chi connectivity index (χ0n) is 21.0. The number of ether oxygens (including phenoxy) is 1. The van der Waals surface area contributed by atoms with Gasteiger partial charge >= 0.3 is 18.3 Å². The summed E-state index contributed by atoms with van der Waals surface area (Å²) in [4.78, 5) is 28.9. The Bertz CT molecular complexity index is 1590. The van der Waals surface area contributed by atoms with Crippen molar-refractivity contribution in [1.82, 2.24) is 9.55 Å². The number of nitrogens with zero attached hydrogens (tertiary/aromatic N) is 2. The SMILES string of the molecule is O=C(O)CCCOc1ccc2nc(Cc3ccccc3)n(-c3ccc(C(O)(C(F)(F)F)C(F)(F)F)cc3)c(=O)c2c1. The van der Waals surface area contributed by atoms with E-state index in [1.54, 1.807) is 30.3 Å². The molecule has 7 nitrogen and oxygen atoms in total. The molecule has 13 heteroatoms. The van der Waals surface area contributed by atoms with Crippen LogP contribution in [0.3, 0.4) is 0 Å². The molecule has 0 fully saturated rings. The summed E-state index contributed by atoms with van der Waals surface area (Å²) < 4.78 is 86.8. The molecule has 0 unspecified atom stereocenters. The molecule has 0 saturated heterocycles. The number of benzene rings is 3. The quantitative estimate of drug-likeness (QED) is 0.199. The van der Waals surface area contributed by atoms with Gasteiger partial charge in [-0.2, -0.15) is 26.3 Å². The molecule has 2 N–H and O–H groups in total. The molecular weight excluding hydrogens is 558 g/mol. The molecule has 216 valence electrons. The molecule has 41 heavy (non-hydrogen) atoms. The minimum absolute atomic E-state index is 0.0451. The molecule has 0 saturated carbocycles. The first-order valence-electron chi connectivity index (χ1n) is 12.1. The van der Waals surface area contributed by atoms with Crippen molar-refractivity contribution in [1.29, 1.82) is 0 Å². The largest absolute Gasteiger partial charge is 0.494 e. The van der Waals surface area contributed by atoms with E-state index in [4.69, 9.17) is 9.84 Å². The van der Waals surface area contributed by atoms with Crippen molar-refractivity contribution in [3.8, 4) is 11.4 Å². The van der Waals surface area contributed by atoms with Gasteiger partial charge in [0, 0.05) is 18.4 Å². The molecular formula is C28H22F6N2O5. The highest BCUT2D eigenvalue weighted by atomic mass is 19.4. The highest BCUT2D eigenvalue weighted by Crippen LogP contribution is 2.50. The number of carboxylic acids is 1. The number of hydrogen-bond donors (Lipinski definition) is 2. The van der Waals surface area contributed by atoms with Crippen LogP contribution in [0.15, 0.2) is 77.6 Å². The lowest BCUT2D eigenvalue weighted by Gasteiger charge is -2.32. The molecule has 4 rings (SSSR count). The van der Waals surface area contributed by atoms with E-state index in [1.807, 2.05) is 0 Å². The van der Waals surface area contributed by atoms with Gasteiger partial charge in [-0.3, -0.25) is 14.2 Å². The molecule has 1 heterocycles. The average molecular weight is 580 g/mol. The van der Waals surface area contributed by atoms with Crippen LogP contribution in [0.4, 0.5) is 26.3 Å². The molecule has 0 aliphatic heterocycles. The first kappa shape index (κ1) is 29.6. The van der Waals surface area contributed by atoms with Crippen LogP contribution in [0.1, 0.15) is 29.8 Å². The summed E-state index contributed by atoms with van der Waals surface area (Å²) in [5.74, 6) is -0.613. The van der Waals surface area contributed by atoms with E-state index in [0.29, 0.717) is 12.1 Å². The Morgan fingerprint density at radius 1 is 0.902 bits per heavy atom. The Labute approximate surface area is 228 Å². The van der Waals surface area contributed by atoms with E-state index >= 15 is 0 Å². The van der Waals surface area contributed by atoms with E-state index in [0.717, 1.165) is 22.3 Å². The number of aliphatic carboxylic acids is 1. The van der Waals surface area contributed by atoms with E-state index < -0.39 is 35.0 Å². The maximum atomic E-state index is 13.7. The molecule has 0 spiro atoms. The first-order valence-corrected chi connectivity index (χ1v) is 12.1. The van der Waals surface area contributed by atoms with Gasteiger partial charge in [0.1, 0.15) is 11.6 Å². The highest BCUT2D eigenvalue weighted by Gasteiger charge is 2.71. The second-order valence-corrected chi connectivity index (χ2v) is 9.11. The molecule has 0 aliphatic carbocycles. The first-order chi connectivity index (χ1) is 19.2. The number of rotatable bonds is 9. The summed E-state index contributed by atoms with van der Waals surface area (Å²) in [6, 6.07) is 15.8. The van der Waals surface area contributed by atoms with Crippen LogP contribution in [-0.2, 0) is 16.8 Å². The number of fused-ring (bicyclic) bond motifs is 1. The molecule has 0 radical (unpaired) electrons. The van der Waals surface area contributed by atoms with Crippen LogP contribution in [0.5, 0.6) is 5.75 Å². The fraction of sp³-hybridized carbons (Fsp3) is 0.250. The number of hydrogen-bond acceptors (Lipinski definition) is 5. The third kappa shape index (κ3) is 6.04. The van der Waals surface area contributed by atoms with Crippen LogP contribution in [0.25, 0.3) is 16.6 Å². The average Bonchev–Trinajstić information content (AvgIpc) is 2.90. The van der Waals surface area contributed by atoms with Gasteiger partial charge in [0.2, 0.25) is 0 Å². The van der Waals surface area contributed by atoms with Gasteiger partial charge in [0.15, 0.2) is 0 Å². The fourth-order valence-electron chi connectivity index (χ4n) is 4.22. The van der Waals surface area contributed by atoms with Crippen molar-refractivity contribution < 1.29 is 46.1 Å². The van der Waals surface area contributed by atoms with E-state index in [-0.39, 0.29) is 54.0 Å². The maximum absolute atomic E-state index is 13.7. The van der Waals surface area contributed by atoms with Gasteiger partial charge in [-0.05, 0) is 42.3 Å². The maximum Gasteiger partial charge on any atom is 0.430 e. The lowest BCUT2D eigenvalue weighted by molar-refractivity contribution is -0.376. The van der Waals surface area contributed by atoms with Gasteiger partial charge in [-0.25, -0.2) is 4.98 Å². The summed E-state index contributed by atoms with van der Waals surface area (Å²) in [5.41, 5.74) is -6.36. The minimum Gasteiger partial charge on any atom is -0.494 e. The molecule has 0 aliphatic rings. The second-order valence-electron chi connectivity index (χ2n) is 9.11. The number of carboxylic acid groups (broad SMARTS) is 1. The molecule has 3 aromatic carbocycles. The normalized spacial score (nSPS) is 12.5. The van der Waals surface area contributed by atoms with Crippen LogP contribution in [-0.4, -0.2) is 44.7 Å². The zero-order chi connectivity index (χ0) is 30.0. The minimum atomic E-state index is -6.06. The zero-order valence-corrected chi connectivity index (χ0v) is 21.0. The molecule has 4 aromatic rings. The Morgan fingerprint density at radius 3 is 2.12 bits per heavy atom. The van der Waals surface area contributed by atoms with Gasteiger partial charge in [-0.1, -0.05) is 42.5 Å². The predicted octanol–water partition coefficient (Wildman–Crippen LogP) is 5.53. The van der Waals surface area contributed by atoms with Gasteiger partial charge in [-0.15, -0.1) is 0 Å². The van der Waals surface area contributed by atoms with Gasteiger partial charge in [0.25, 0.3) is 11.2 Å². The molecule has 1 aromatic heterocycles. The lowest BCUT2D eigenvalue weighted by atomic mass is 9.92. The second kappa shape index (κ2) is 11.2. The summed E-state index contributed by atoms with van der Waals surface area (Å²) in [6.07, 6.45) is -11.9. The van der Waals surface area contributed by atoms with Crippen molar-refractivity contribution >= 4 is 16.9 Å². The standard InChI is InChI=1S/C28H22F6N2O5/c29-27(30,31)26(40,28(32,33)34)18-8-10-19(11-9-18)36-23(15-17-5-2-1-3-6-17)35-22-13-12-20(16-21(22)25(36)39)41-14-4-7-24(37)38/h1-3,5-6,8-13,16,40H,4,7,14-15H2,(H,37,38). The van der Waals surface area contributed by atoms with Crippen molar-refractivity contribution in [2.24, 2.45) is 0 Å². The Balaban J connectivity index is 1.82. The highest BCUT2D eigenvalue weighted by molar-refractivity contribution is 5.79. The van der Waals surface area contributed by atoms with E-state index in [9.17, 15) is 41.0 Å². The lowest BCUT2D eigenvalue weighted by Crippen LogP contribution is -2.53. The fourth-order valence-corrected chi connectivity index (χ4v) is 4.22. The number of aliphatic hydroxyl groups is 1. The van der Waals surface area contributed by atoms with Crippen LogP contribution in [0.2, 0.25) is 0 Å². The van der Waals surface area contributed by atoms with Crippen LogP contribution >= 0.6 is 0 Å². The third-order valence-corrected chi connectivity index (χ3v) is 6.28. The van der Waals surface area contributed by atoms with Crippen LogP contribution in [0, 0.1) is 0 Å². The topological polar surface area (TPSA) is 102 Å². The van der Waals surface area contributed by atoms with Crippen molar-refractivity contribution in [3.05, 3.63) is 100 Å². The monoisotopic (exact) mass is 580 g/mol. The summed E-state index contributed by atoms with van der Waals surface area (Å²) in [7, 11) is 0. The smallest absolute Gasteiger partial charge is 0.430 e.